The molecule has 0 spiro atoms. The molecule has 0 fully saturated rings. The van der Waals surface area contributed by atoms with Crippen LogP contribution in [0.15, 0.2) is 10.6 Å². The van der Waals surface area contributed by atoms with E-state index in [1.54, 1.807) is 13.0 Å². The van der Waals surface area contributed by atoms with Crippen LogP contribution in [0.3, 0.4) is 0 Å². The molecule has 0 saturated heterocycles. The summed E-state index contributed by atoms with van der Waals surface area (Å²) >= 11 is 0. The van der Waals surface area contributed by atoms with Crippen molar-refractivity contribution in [3.63, 3.8) is 0 Å². The molecule has 2 rings (SSSR count). The van der Waals surface area contributed by atoms with Gasteiger partial charge >= 0.3 is 0 Å². The third kappa shape index (κ3) is 3.89. The summed E-state index contributed by atoms with van der Waals surface area (Å²) < 4.78 is 5.04. The molecular weight excluding hydrogens is 258 g/mol. The summed E-state index contributed by atoms with van der Waals surface area (Å²) in [6, 6.07) is 1.76. The predicted molar refractivity (Wildman–Crippen MR) is 75.1 cm³/mol. The van der Waals surface area contributed by atoms with E-state index in [1.807, 2.05) is 0 Å². The van der Waals surface area contributed by atoms with Gasteiger partial charge in [-0.15, -0.1) is 0 Å². The molecule has 2 aromatic rings. The number of nitrogens with one attached hydrogen (secondary N) is 2. The van der Waals surface area contributed by atoms with Gasteiger partial charge in [0.25, 0.3) is 0 Å². The molecule has 0 unspecified atom stereocenters. The second-order valence-corrected chi connectivity index (χ2v) is 4.36. The third-order valence-corrected chi connectivity index (χ3v) is 2.61. The molecule has 0 radical (unpaired) electrons. The fraction of sp³-hybridized carbons (Fsp3) is 0.500. The highest BCUT2D eigenvalue weighted by Gasteiger charge is 2.05. The second-order valence-electron chi connectivity index (χ2n) is 4.36. The molecule has 8 nitrogen and oxygen atoms in total. The number of hydrogen-bond acceptors (Lipinski definition) is 8. The molecule has 0 saturated carbocycles. The Kier molecular flexibility index (Phi) is 4.83. The van der Waals surface area contributed by atoms with Crippen molar-refractivity contribution < 1.29 is 4.52 Å². The first kappa shape index (κ1) is 14.2. The largest absolute Gasteiger partial charge is 0.369 e. The zero-order valence-electron chi connectivity index (χ0n) is 11.7. The van der Waals surface area contributed by atoms with Crippen LogP contribution in [-0.4, -0.2) is 26.7 Å². The first-order valence-electron chi connectivity index (χ1n) is 6.59. The molecule has 4 N–H and O–H groups in total. The average Bonchev–Trinajstić information content (AvgIpc) is 2.84. The monoisotopic (exact) mass is 277 g/mol. The standard InChI is InChI=1S/C12H19N7O/c1-3-4-9-16-10(7-11(17-9)18-13)14-6-5-12-15-8(2)19-20-12/h7H,3-6,13H2,1-2H3,(H2,14,16,17,18). The SMILES string of the molecule is CCCc1nc(NN)cc(NCCc2nc(C)no2)n1. The summed E-state index contributed by atoms with van der Waals surface area (Å²) in [4.78, 5) is 12.8. The van der Waals surface area contributed by atoms with Crippen LogP contribution in [-0.2, 0) is 12.8 Å². The lowest BCUT2D eigenvalue weighted by Gasteiger charge is -2.08. The molecule has 0 atom stereocenters. The molecule has 0 aliphatic carbocycles. The minimum atomic E-state index is 0.597. The highest BCUT2D eigenvalue weighted by atomic mass is 16.5. The van der Waals surface area contributed by atoms with Gasteiger partial charge in [-0.25, -0.2) is 15.8 Å². The number of rotatable bonds is 7. The Bertz CT molecular complexity index is 554. The molecule has 0 aromatic carbocycles. The Labute approximate surface area is 117 Å². The van der Waals surface area contributed by atoms with Gasteiger partial charge in [0.1, 0.15) is 17.5 Å². The van der Waals surface area contributed by atoms with Crippen molar-refractivity contribution in [3.8, 4) is 0 Å². The van der Waals surface area contributed by atoms with Crippen molar-refractivity contribution in [2.45, 2.75) is 33.1 Å². The maximum atomic E-state index is 5.40. The number of nitrogen functional groups attached to an aromatic ring is 1. The van der Waals surface area contributed by atoms with Crippen molar-refractivity contribution in [2.24, 2.45) is 5.84 Å². The molecule has 0 amide bonds. The lowest BCUT2D eigenvalue weighted by atomic mass is 10.3. The van der Waals surface area contributed by atoms with Crippen molar-refractivity contribution in [2.75, 3.05) is 17.3 Å². The van der Waals surface area contributed by atoms with Gasteiger partial charge < -0.3 is 15.3 Å². The fourth-order valence-electron chi connectivity index (χ4n) is 1.74. The number of aryl methyl sites for hydroxylation is 2. The van der Waals surface area contributed by atoms with E-state index >= 15 is 0 Å². The van der Waals surface area contributed by atoms with Crippen LogP contribution in [0.2, 0.25) is 0 Å². The van der Waals surface area contributed by atoms with E-state index in [0.717, 1.165) is 24.5 Å². The smallest absolute Gasteiger partial charge is 0.228 e. The molecule has 0 aliphatic heterocycles. The fourth-order valence-corrected chi connectivity index (χ4v) is 1.74. The zero-order valence-corrected chi connectivity index (χ0v) is 11.7. The molecule has 2 aromatic heterocycles. The van der Waals surface area contributed by atoms with Crippen LogP contribution in [0, 0.1) is 6.92 Å². The number of hydrazine groups is 1. The van der Waals surface area contributed by atoms with E-state index < -0.39 is 0 Å². The summed E-state index contributed by atoms with van der Waals surface area (Å²) in [5, 5.41) is 6.94. The van der Waals surface area contributed by atoms with Gasteiger partial charge in [-0.3, -0.25) is 0 Å². The minimum absolute atomic E-state index is 0.597. The van der Waals surface area contributed by atoms with Crippen LogP contribution in [0.5, 0.6) is 0 Å². The van der Waals surface area contributed by atoms with Crippen LogP contribution >= 0.6 is 0 Å². The minimum Gasteiger partial charge on any atom is -0.369 e. The first-order chi connectivity index (χ1) is 9.71. The zero-order chi connectivity index (χ0) is 14.4. The molecule has 108 valence electrons. The van der Waals surface area contributed by atoms with Crippen molar-refractivity contribution in [3.05, 3.63) is 23.6 Å². The highest BCUT2D eigenvalue weighted by molar-refractivity contribution is 5.46. The highest BCUT2D eigenvalue weighted by Crippen LogP contribution is 2.11. The van der Waals surface area contributed by atoms with Crippen LogP contribution in [0.4, 0.5) is 11.6 Å². The lowest BCUT2D eigenvalue weighted by molar-refractivity contribution is 0.377. The summed E-state index contributed by atoms with van der Waals surface area (Å²) in [5.41, 5.74) is 2.55. The van der Waals surface area contributed by atoms with E-state index in [0.29, 0.717) is 30.5 Å². The summed E-state index contributed by atoms with van der Waals surface area (Å²) in [6.45, 7) is 4.52. The Balaban J connectivity index is 1.95. The topological polar surface area (TPSA) is 115 Å². The third-order valence-electron chi connectivity index (χ3n) is 2.61. The van der Waals surface area contributed by atoms with Gasteiger partial charge in [0.05, 0.1) is 0 Å². The average molecular weight is 277 g/mol. The van der Waals surface area contributed by atoms with Crippen LogP contribution in [0.25, 0.3) is 0 Å². The van der Waals surface area contributed by atoms with Crippen LogP contribution < -0.4 is 16.6 Å². The molecule has 0 bridgehead atoms. The summed E-state index contributed by atoms with van der Waals surface area (Å²) in [5.74, 6) is 8.74. The Morgan fingerprint density at radius 2 is 2.00 bits per heavy atom. The lowest BCUT2D eigenvalue weighted by Crippen LogP contribution is -2.13. The molecule has 0 aliphatic rings. The van der Waals surface area contributed by atoms with Gasteiger partial charge in [-0.2, -0.15) is 4.98 Å². The Morgan fingerprint density at radius 3 is 2.65 bits per heavy atom. The van der Waals surface area contributed by atoms with Crippen molar-refractivity contribution in [1.29, 1.82) is 0 Å². The molecule has 20 heavy (non-hydrogen) atoms. The van der Waals surface area contributed by atoms with Gasteiger partial charge in [0.15, 0.2) is 5.82 Å². The Hall–Kier alpha value is -2.22. The number of aromatic nitrogens is 4. The van der Waals surface area contributed by atoms with Crippen LogP contribution in [0.1, 0.15) is 30.9 Å². The van der Waals surface area contributed by atoms with Crippen molar-refractivity contribution >= 4 is 11.6 Å². The van der Waals surface area contributed by atoms with Gasteiger partial charge in [-0.05, 0) is 13.3 Å². The molecular formula is C12H19N7O. The number of nitrogens with two attached hydrogens (primary N) is 1. The second kappa shape index (κ2) is 6.80. The van der Waals surface area contributed by atoms with Gasteiger partial charge in [-0.1, -0.05) is 12.1 Å². The maximum absolute atomic E-state index is 5.40. The summed E-state index contributed by atoms with van der Waals surface area (Å²) in [6.07, 6.45) is 2.43. The van der Waals surface area contributed by atoms with E-state index in [-0.39, 0.29) is 0 Å². The first-order valence-corrected chi connectivity index (χ1v) is 6.59. The normalized spacial score (nSPS) is 10.6. The molecule has 2 heterocycles. The molecule has 8 heteroatoms. The summed E-state index contributed by atoms with van der Waals surface area (Å²) in [7, 11) is 0. The van der Waals surface area contributed by atoms with Gasteiger partial charge in [0.2, 0.25) is 5.89 Å². The Morgan fingerprint density at radius 1 is 1.20 bits per heavy atom. The van der Waals surface area contributed by atoms with E-state index in [4.69, 9.17) is 10.4 Å². The van der Waals surface area contributed by atoms with E-state index in [1.165, 1.54) is 0 Å². The number of anilines is 2. The number of nitrogens with zero attached hydrogens (tertiary/aromatic N) is 4. The quantitative estimate of drug-likeness (QED) is 0.508. The van der Waals surface area contributed by atoms with Gasteiger partial charge in [0, 0.05) is 25.5 Å². The van der Waals surface area contributed by atoms with E-state index in [9.17, 15) is 0 Å². The number of hydrogen-bond donors (Lipinski definition) is 3. The van der Waals surface area contributed by atoms with Crippen molar-refractivity contribution in [1.82, 2.24) is 20.1 Å². The van der Waals surface area contributed by atoms with E-state index in [2.05, 4.69) is 37.8 Å². The maximum Gasteiger partial charge on any atom is 0.228 e. The predicted octanol–water partition coefficient (Wildman–Crippen LogP) is 1.06.